The number of aromatic nitrogens is 1. The van der Waals surface area contributed by atoms with Gasteiger partial charge in [-0.25, -0.2) is 0 Å². The zero-order valence-electron chi connectivity index (χ0n) is 14.0. The van der Waals surface area contributed by atoms with E-state index in [4.69, 9.17) is 4.42 Å². The second kappa shape index (κ2) is 6.83. The van der Waals surface area contributed by atoms with Crippen LogP contribution in [0.2, 0.25) is 0 Å². The van der Waals surface area contributed by atoms with Crippen molar-refractivity contribution in [1.29, 1.82) is 0 Å². The molecule has 1 aromatic heterocycles. The average Bonchev–Trinajstić information content (AvgIpc) is 3.07. The molecule has 1 saturated carbocycles. The molecule has 0 radical (unpaired) electrons. The molecule has 1 N–H and O–H groups in total. The van der Waals surface area contributed by atoms with Crippen molar-refractivity contribution in [3.05, 3.63) is 24.3 Å². The molecule has 128 valence electrons. The number of nitrogens with zero attached hydrogens (tertiary/aromatic N) is 2. The number of hydrogen-bond acceptors (Lipinski definition) is 4. The fourth-order valence-electron chi connectivity index (χ4n) is 3.89. The normalized spacial score (nSPS) is 20.4. The Kier molecular flexibility index (Phi) is 4.41. The molecule has 1 aromatic carbocycles. The number of nitrogens with one attached hydrogen (secondary N) is 1. The number of amides is 1. The van der Waals surface area contributed by atoms with E-state index in [0.29, 0.717) is 12.1 Å². The lowest BCUT2D eigenvalue weighted by molar-refractivity contribution is -0.126. The van der Waals surface area contributed by atoms with Crippen molar-refractivity contribution in [2.45, 2.75) is 51.0 Å². The van der Waals surface area contributed by atoms with E-state index in [-0.39, 0.29) is 11.8 Å². The van der Waals surface area contributed by atoms with Gasteiger partial charge in [0.2, 0.25) is 5.91 Å². The maximum Gasteiger partial charge on any atom is 0.298 e. The minimum atomic E-state index is 0.132. The number of rotatable bonds is 3. The molecule has 0 spiro atoms. The summed E-state index contributed by atoms with van der Waals surface area (Å²) < 4.78 is 5.84. The van der Waals surface area contributed by atoms with Crippen molar-refractivity contribution in [3.8, 4) is 0 Å². The molecular weight excluding hydrogens is 302 g/mol. The molecule has 2 fully saturated rings. The molecule has 5 heteroatoms. The number of para-hydroxylation sites is 2. The first-order valence-corrected chi connectivity index (χ1v) is 9.20. The summed E-state index contributed by atoms with van der Waals surface area (Å²) in [6, 6.07) is 8.92. The van der Waals surface area contributed by atoms with Crippen LogP contribution in [0, 0.1) is 5.92 Å². The molecule has 1 aliphatic heterocycles. The van der Waals surface area contributed by atoms with Gasteiger partial charge in [-0.2, -0.15) is 4.98 Å². The van der Waals surface area contributed by atoms with Crippen molar-refractivity contribution in [2.24, 2.45) is 5.92 Å². The van der Waals surface area contributed by atoms with Gasteiger partial charge in [-0.05, 0) is 37.8 Å². The van der Waals surface area contributed by atoms with Gasteiger partial charge in [0.1, 0.15) is 5.52 Å². The highest BCUT2D eigenvalue weighted by molar-refractivity contribution is 5.79. The standard InChI is InChI=1S/C19H25N3O2/c23-18(20-15-6-2-1-3-7-15)14-10-12-22(13-11-14)19-21-16-8-4-5-9-17(16)24-19/h4-5,8-9,14-15H,1-3,6-7,10-13H2,(H,20,23). The summed E-state index contributed by atoms with van der Waals surface area (Å²) >= 11 is 0. The molecule has 0 bridgehead atoms. The number of hydrogen-bond donors (Lipinski definition) is 1. The lowest BCUT2D eigenvalue weighted by Gasteiger charge is -2.31. The Morgan fingerprint density at radius 1 is 1.08 bits per heavy atom. The fraction of sp³-hybridized carbons (Fsp3) is 0.579. The maximum atomic E-state index is 12.5. The molecular formula is C19H25N3O2. The van der Waals surface area contributed by atoms with E-state index in [1.54, 1.807) is 0 Å². The maximum absolute atomic E-state index is 12.5. The average molecular weight is 327 g/mol. The van der Waals surface area contributed by atoms with E-state index >= 15 is 0 Å². The first-order valence-electron chi connectivity index (χ1n) is 9.20. The minimum absolute atomic E-state index is 0.132. The van der Waals surface area contributed by atoms with Crippen LogP contribution >= 0.6 is 0 Å². The first-order chi connectivity index (χ1) is 11.8. The zero-order valence-corrected chi connectivity index (χ0v) is 14.0. The van der Waals surface area contributed by atoms with Crippen LogP contribution in [-0.4, -0.2) is 30.0 Å². The molecule has 5 nitrogen and oxygen atoms in total. The molecule has 1 aliphatic carbocycles. The van der Waals surface area contributed by atoms with Gasteiger partial charge in [0.05, 0.1) is 0 Å². The fourth-order valence-corrected chi connectivity index (χ4v) is 3.89. The molecule has 1 amide bonds. The Morgan fingerprint density at radius 2 is 1.83 bits per heavy atom. The van der Waals surface area contributed by atoms with Crippen molar-refractivity contribution in [3.63, 3.8) is 0 Å². The van der Waals surface area contributed by atoms with Gasteiger partial charge >= 0.3 is 0 Å². The van der Waals surface area contributed by atoms with Gasteiger partial charge in [0, 0.05) is 25.0 Å². The lowest BCUT2D eigenvalue weighted by atomic mass is 9.92. The van der Waals surface area contributed by atoms with Crippen LogP contribution in [0.3, 0.4) is 0 Å². The van der Waals surface area contributed by atoms with E-state index in [9.17, 15) is 4.79 Å². The molecule has 1 saturated heterocycles. The number of fused-ring (bicyclic) bond motifs is 1. The van der Waals surface area contributed by atoms with Gasteiger partial charge in [-0.1, -0.05) is 31.4 Å². The van der Waals surface area contributed by atoms with Crippen LogP contribution in [-0.2, 0) is 4.79 Å². The molecule has 2 heterocycles. The molecule has 24 heavy (non-hydrogen) atoms. The SMILES string of the molecule is O=C(NC1CCCCC1)C1CCN(c2nc3ccccc3o2)CC1. The number of carbonyl (C=O) groups excluding carboxylic acids is 1. The highest BCUT2D eigenvalue weighted by Crippen LogP contribution is 2.27. The third kappa shape index (κ3) is 3.25. The van der Waals surface area contributed by atoms with E-state index in [2.05, 4.69) is 15.2 Å². The summed E-state index contributed by atoms with van der Waals surface area (Å²) in [7, 11) is 0. The van der Waals surface area contributed by atoms with Crippen molar-refractivity contribution >= 4 is 23.0 Å². The largest absolute Gasteiger partial charge is 0.423 e. The van der Waals surface area contributed by atoms with Gasteiger partial charge in [0.25, 0.3) is 6.01 Å². The van der Waals surface area contributed by atoms with Gasteiger partial charge in [-0.15, -0.1) is 0 Å². The highest BCUT2D eigenvalue weighted by atomic mass is 16.4. The summed E-state index contributed by atoms with van der Waals surface area (Å²) in [6.07, 6.45) is 7.85. The second-order valence-corrected chi connectivity index (χ2v) is 7.07. The number of benzene rings is 1. The van der Waals surface area contributed by atoms with Crippen molar-refractivity contribution in [1.82, 2.24) is 10.3 Å². The van der Waals surface area contributed by atoms with E-state index in [0.717, 1.165) is 49.9 Å². The van der Waals surface area contributed by atoms with Gasteiger partial charge in [0.15, 0.2) is 5.58 Å². The number of anilines is 1. The molecule has 2 aromatic rings. The molecule has 2 aliphatic rings. The van der Waals surface area contributed by atoms with Crippen LogP contribution in [0.1, 0.15) is 44.9 Å². The Hall–Kier alpha value is -2.04. The number of piperidine rings is 1. The Morgan fingerprint density at radius 3 is 2.58 bits per heavy atom. The summed E-state index contributed by atoms with van der Waals surface area (Å²) in [5, 5.41) is 3.27. The van der Waals surface area contributed by atoms with Gasteiger partial charge in [-0.3, -0.25) is 4.79 Å². The predicted octanol–water partition coefficient (Wildman–Crippen LogP) is 3.49. The Balaban J connectivity index is 1.33. The minimum Gasteiger partial charge on any atom is -0.423 e. The van der Waals surface area contributed by atoms with Crippen molar-refractivity contribution in [2.75, 3.05) is 18.0 Å². The lowest BCUT2D eigenvalue weighted by Crippen LogP contribution is -2.44. The van der Waals surface area contributed by atoms with E-state index < -0.39 is 0 Å². The van der Waals surface area contributed by atoms with Crippen LogP contribution in [0.25, 0.3) is 11.1 Å². The Labute approximate surface area is 142 Å². The van der Waals surface area contributed by atoms with Crippen molar-refractivity contribution < 1.29 is 9.21 Å². The monoisotopic (exact) mass is 327 g/mol. The third-order valence-electron chi connectivity index (χ3n) is 5.37. The summed E-state index contributed by atoms with van der Waals surface area (Å²) in [6.45, 7) is 1.66. The topological polar surface area (TPSA) is 58.4 Å². The summed E-state index contributed by atoms with van der Waals surface area (Å²) in [5.74, 6) is 0.381. The molecule has 4 rings (SSSR count). The summed E-state index contributed by atoms with van der Waals surface area (Å²) in [4.78, 5) is 19.2. The second-order valence-electron chi connectivity index (χ2n) is 7.07. The van der Waals surface area contributed by atoms with E-state index in [1.807, 2.05) is 24.3 Å². The summed E-state index contributed by atoms with van der Waals surface area (Å²) in [5.41, 5.74) is 1.72. The Bertz CT molecular complexity index is 664. The zero-order chi connectivity index (χ0) is 16.4. The molecule has 0 atom stereocenters. The van der Waals surface area contributed by atoms with Gasteiger partial charge < -0.3 is 14.6 Å². The number of carbonyl (C=O) groups is 1. The molecule has 0 unspecified atom stereocenters. The van der Waals surface area contributed by atoms with Crippen LogP contribution < -0.4 is 10.2 Å². The third-order valence-corrected chi connectivity index (χ3v) is 5.37. The van der Waals surface area contributed by atoms with Crippen LogP contribution in [0.5, 0.6) is 0 Å². The number of oxazole rings is 1. The van der Waals surface area contributed by atoms with Crippen LogP contribution in [0.15, 0.2) is 28.7 Å². The first kappa shape index (κ1) is 15.5. The smallest absolute Gasteiger partial charge is 0.298 e. The highest BCUT2D eigenvalue weighted by Gasteiger charge is 2.28. The van der Waals surface area contributed by atoms with E-state index in [1.165, 1.54) is 19.3 Å². The quantitative estimate of drug-likeness (QED) is 0.937. The predicted molar refractivity (Wildman–Crippen MR) is 94.0 cm³/mol. The van der Waals surface area contributed by atoms with Crippen LogP contribution in [0.4, 0.5) is 6.01 Å².